The molecule has 5 rings (SSSR count). The molecule has 2 aliphatic rings. The van der Waals surface area contributed by atoms with E-state index in [-0.39, 0.29) is 11.8 Å². The average molecular weight is 391 g/mol. The number of aromatic nitrogens is 4. The summed E-state index contributed by atoms with van der Waals surface area (Å²) in [6.45, 7) is 1.36. The summed E-state index contributed by atoms with van der Waals surface area (Å²) in [7, 11) is 1.67. The molecule has 0 saturated heterocycles. The number of aryl methyl sites for hydroxylation is 2. The summed E-state index contributed by atoms with van der Waals surface area (Å²) in [5.41, 5.74) is 3.90. The average Bonchev–Trinajstić information content (AvgIpc) is 3.38. The molecule has 1 saturated carbocycles. The van der Waals surface area contributed by atoms with Crippen LogP contribution in [0.25, 0.3) is 0 Å². The number of ether oxygens (including phenoxy) is 1. The number of rotatable bonds is 6. The van der Waals surface area contributed by atoms with Gasteiger partial charge in [-0.3, -0.25) is 9.48 Å². The van der Waals surface area contributed by atoms with Crippen LogP contribution < -0.4 is 10.1 Å². The maximum absolute atomic E-state index is 12.6. The summed E-state index contributed by atoms with van der Waals surface area (Å²) >= 11 is 0. The Morgan fingerprint density at radius 1 is 1.24 bits per heavy atom. The van der Waals surface area contributed by atoms with Crippen LogP contribution in [0.1, 0.15) is 57.9 Å². The fourth-order valence-electron chi connectivity index (χ4n) is 4.13. The van der Waals surface area contributed by atoms with Gasteiger partial charge < -0.3 is 15.0 Å². The Morgan fingerprint density at radius 2 is 2.14 bits per heavy atom. The second-order valence-corrected chi connectivity index (χ2v) is 7.90. The molecule has 0 bridgehead atoms. The lowest BCUT2D eigenvalue weighted by Gasteiger charge is -2.15. The molecule has 2 N–H and O–H groups in total. The van der Waals surface area contributed by atoms with Gasteiger partial charge >= 0.3 is 0 Å². The zero-order valence-corrected chi connectivity index (χ0v) is 16.5. The third-order valence-electron chi connectivity index (χ3n) is 5.87. The van der Waals surface area contributed by atoms with Crippen molar-refractivity contribution in [2.45, 2.75) is 44.1 Å². The Kier molecular flexibility index (Phi) is 4.58. The molecule has 0 spiro atoms. The van der Waals surface area contributed by atoms with E-state index in [2.05, 4.69) is 37.2 Å². The van der Waals surface area contributed by atoms with Crippen LogP contribution in [0.15, 0.2) is 36.5 Å². The van der Waals surface area contributed by atoms with Crippen molar-refractivity contribution in [2.75, 3.05) is 13.7 Å². The third-order valence-corrected chi connectivity index (χ3v) is 5.87. The number of H-pyrrole nitrogens is 1. The van der Waals surface area contributed by atoms with Crippen molar-refractivity contribution in [3.05, 3.63) is 65.0 Å². The standard InChI is InChI=1S/C22H25N5O2/c1-29-17-4-2-3-15(11-17)16-12-18-21(22(28)23-13-16)26-20(25-18)8-10-27-19(7-9-24-27)14-5-6-14/h2-4,7,9,11,14,16H,5-6,8,10,12-13H2,1H3,(H,23,28)(H,25,26)/t16-/m1/s1. The fourth-order valence-corrected chi connectivity index (χ4v) is 4.13. The van der Waals surface area contributed by atoms with Crippen LogP contribution in [-0.4, -0.2) is 39.3 Å². The first kappa shape index (κ1) is 18.0. The summed E-state index contributed by atoms with van der Waals surface area (Å²) in [6.07, 6.45) is 5.85. The van der Waals surface area contributed by atoms with E-state index in [0.29, 0.717) is 18.2 Å². The van der Waals surface area contributed by atoms with Gasteiger partial charge in [-0.1, -0.05) is 12.1 Å². The fraction of sp³-hybridized carbons (Fsp3) is 0.409. The Morgan fingerprint density at radius 3 is 2.97 bits per heavy atom. The maximum atomic E-state index is 12.6. The van der Waals surface area contributed by atoms with E-state index >= 15 is 0 Å². The molecule has 0 unspecified atom stereocenters. The summed E-state index contributed by atoms with van der Waals surface area (Å²) in [5, 5.41) is 7.48. The number of hydrogen-bond acceptors (Lipinski definition) is 4. The molecule has 7 nitrogen and oxygen atoms in total. The summed E-state index contributed by atoms with van der Waals surface area (Å²) in [6, 6.07) is 10.2. The number of fused-ring (bicyclic) bond motifs is 1. The number of nitrogens with one attached hydrogen (secondary N) is 2. The highest BCUT2D eigenvalue weighted by Crippen LogP contribution is 2.39. The van der Waals surface area contributed by atoms with Crippen LogP contribution in [0.3, 0.4) is 0 Å². The Balaban J connectivity index is 1.34. The molecule has 1 atom stereocenters. The van der Waals surface area contributed by atoms with Gasteiger partial charge in [-0.05, 0) is 43.0 Å². The quantitative estimate of drug-likeness (QED) is 0.677. The van der Waals surface area contributed by atoms with Crippen molar-refractivity contribution in [1.82, 2.24) is 25.1 Å². The number of carbonyl (C=O) groups excluding carboxylic acids is 1. The minimum Gasteiger partial charge on any atom is -0.497 e. The van der Waals surface area contributed by atoms with E-state index in [1.165, 1.54) is 18.5 Å². The molecule has 3 aromatic rings. The van der Waals surface area contributed by atoms with E-state index in [1.807, 2.05) is 24.4 Å². The highest BCUT2D eigenvalue weighted by atomic mass is 16.5. The number of aromatic amines is 1. The molecule has 1 aromatic carbocycles. The molecule has 29 heavy (non-hydrogen) atoms. The van der Waals surface area contributed by atoms with Gasteiger partial charge in [0, 0.05) is 48.9 Å². The Bertz CT molecular complexity index is 1030. The Labute approximate surface area is 169 Å². The predicted molar refractivity (Wildman–Crippen MR) is 108 cm³/mol. The number of benzene rings is 1. The van der Waals surface area contributed by atoms with Gasteiger partial charge in [0.25, 0.3) is 5.91 Å². The van der Waals surface area contributed by atoms with Crippen molar-refractivity contribution >= 4 is 5.91 Å². The molecular formula is C22H25N5O2. The van der Waals surface area contributed by atoms with Gasteiger partial charge in [0.05, 0.1) is 7.11 Å². The summed E-state index contributed by atoms with van der Waals surface area (Å²) < 4.78 is 7.43. The summed E-state index contributed by atoms with van der Waals surface area (Å²) in [4.78, 5) is 20.6. The van der Waals surface area contributed by atoms with Crippen molar-refractivity contribution in [2.24, 2.45) is 0 Å². The van der Waals surface area contributed by atoms with E-state index in [0.717, 1.165) is 42.2 Å². The number of carbonyl (C=O) groups is 1. The topological polar surface area (TPSA) is 84.8 Å². The minimum atomic E-state index is -0.106. The highest BCUT2D eigenvalue weighted by molar-refractivity contribution is 5.94. The molecule has 0 radical (unpaired) electrons. The van der Waals surface area contributed by atoms with Gasteiger partial charge in [-0.2, -0.15) is 5.10 Å². The SMILES string of the molecule is COc1cccc([C@H]2CNC(=O)c3nc(CCn4nccc4C4CC4)[nH]c3C2)c1. The van der Waals surface area contributed by atoms with Crippen LogP contribution in [0.5, 0.6) is 5.75 Å². The highest BCUT2D eigenvalue weighted by Gasteiger charge is 2.28. The lowest BCUT2D eigenvalue weighted by Crippen LogP contribution is -2.26. The molecule has 2 aromatic heterocycles. The molecule has 1 amide bonds. The molecule has 3 heterocycles. The normalized spacial score (nSPS) is 18.8. The lowest BCUT2D eigenvalue weighted by molar-refractivity contribution is 0.0950. The molecule has 1 fully saturated rings. The first-order chi connectivity index (χ1) is 14.2. The largest absolute Gasteiger partial charge is 0.497 e. The number of methoxy groups -OCH3 is 1. The molecular weight excluding hydrogens is 366 g/mol. The zero-order valence-electron chi connectivity index (χ0n) is 16.5. The maximum Gasteiger partial charge on any atom is 0.271 e. The van der Waals surface area contributed by atoms with Gasteiger partial charge in [0.15, 0.2) is 0 Å². The van der Waals surface area contributed by atoms with Crippen molar-refractivity contribution in [3.8, 4) is 5.75 Å². The van der Waals surface area contributed by atoms with Crippen LogP contribution >= 0.6 is 0 Å². The van der Waals surface area contributed by atoms with E-state index in [1.54, 1.807) is 7.11 Å². The monoisotopic (exact) mass is 391 g/mol. The number of hydrogen-bond donors (Lipinski definition) is 2. The molecule has 7 heteroatoms. The molecule has 1 aliphatic heterocycles. The van der Waals surface area contributed by atoms with E-state index in [4.69, 9.17) is 4.74 Å². The molecule has 1 aliphatic carbocycles. The summed E-state index contributed by atoms with van der Waals surface area (Å²) in [5.74, 6) is 2.41. The second-order valence-electron chi connectivity index (χ2n) is 7.90. The zero-order chi connectivity index (χ0) is 19.8. The minimum absolute atomic E-state index is 0.106. The van der Waals surface area contributed by atoms with Crippen LogP contribution in [0.2, 0.25) is 0 Å². The van der Waals surface area contributed by atoms with E-state index < -0.39 is 0 Å². The van der Waals surface area contributed by atoms with Crippen molar-refractivity contribution in [3.63, 3.8) is 0 Å². The predicted octanol–water partition coefficient (Wildman–Crippen LogP) is 2.80. The number of amides is 1. The van der Waals surface area contributed by atoms with Crippen molar-refractivity contribution in [1.29, 1.82) is 0 Å². The van der Waals surface area contributed by atoms with E-state index in [9.17, 15) is 4.79 Å². The van der Waals surface area contributed by atoms with Gasteiger partial charge in [-0.15, -0.1) is 0 Å². The van der Waals surface area contributed by atoms with Gasteiger partial charge in [0.1, 0.15) is 17.3 Å². The van der Waals surface area contributed by atoms with Crippen LogP contribution in [0, 0.1) is 0 Å². The van der Waals surface area contributed by atoms with Gasteiger partial charge in [0.2, 0.25) is 0 Å². The first-order valence-electron chi connectivity index (χ1n) is 10.2. The first-order valence-corrected chi connectivity index (χ1v) is 10.2. The second kappa shape index (κ2) is 7.39. The molecule has 150 valence electrons. The smallest absolute Gasteiger partial charge is 0.271 e. The van der Waals surface area contributed by atoms with Crippen molar-refractivity contribution < 1.29 is 9.53 Å². The van der Waals surface area contributed by atoms with Gasteiger partial charge in [-0.25, -0.2) is 4.98 Å². The lowest BCUT2D eigenvalue weighted by atomic mass is 9.94. The third kappa shape index (κ3) is 3.64. The van der Waals surface area contributed by atoms with Crippen LogP contribution in [-0.2, 0) is 19.4 Å². The number of nitrogens with zero attached hydrogens (tertiary/aromatic N) is 3. The van der Waals surface area contributed by atoms with Crippen LogP contribution in [0.4, 0.5) is 0 Å². The number of imidazole rings is 1. The Hall–Kier alpha value is -3.09.